The van der Waals surface area contributed by atoms with Crippen LogP contribution in [-0.4, -0.2) is 30.4 Å². The highest BCUT2D eigenvalue weighted by Crippen LogP contribution is 2.13. The number of nitrogens with zero attached hydrogens (tertiary/aromatic N) is 1. The number of amides is 1. The second-order valence-electron chi connectivity index (χ2n) is 4.95. The first-order valence-electron chi connectivity index (χ1n) is 6.50. The average Bonchev–Trinajstić information content (AvgIpc) is 2.43. The molecular weight excluding hydrogens is 286 g/mol. The number of rotatable bonds is 3. The summed E-state index contributed by atoms with van der Waals surface area (Å²) in [7, 11) is 1.68. The molecule has 6 heteroatoms. The van der Waals surface area contributed by atoms with E-state index in [0.717, 1.165) is 37.9 Å². The van der Waals surface area contributed by atoms with E-state index < -0.39 is 11.6 Å². The minimum absolute atomic E-state index is 0. The monoisotopic (exact) mass is 304 g/mol. The highest BCUT2D eigenvalue weighted by molar-refractivity contribution is 5.85. The smallest absolute Gasteiger partial charge is 0.239 e. The molecule has 1 aromatic rings. The van der Waals surface area contributed by atoms with Crippen molar-refractivity contribution < 1.29 is 13.6 Å². The SMILES string of the molecule is CN(Cc1ccc(F)c(F)c1)C(=O)[C@H]1CCCCN1.Cl. The molecule has 1 aromatic carbocycles. The quantitative estimate of drug-likeness (QED) is 0.930. The zero-order valence-electron chi connectivity index (χ0n) is 11.4. The molecule has 0 radical (unpaired) electrons. The van der Waals surface area contributed by atoms with E-state index in [1.807, 2.05) is 0 Å². The first-order valence-corrected chi connectivity index (χ1v) is 6.50. The van der Waals surface area contributed by atoms with Crippen molar-refractivity contribution in [3.8, 4) is 0 Å². The van der Waals surface area contributed by atoms with Crippen molar-refractivity contribution in [2.24, 2.45) is 0 Å². The zero-order valence-corrected chi connectivity index (χ0v) is 12.2. The molecule has 1 N–H and O–H groups in total. The molecule has 1 fully saturated rings. The van der Waals surface area contributed by atoms with E-state index in [1.165, 1.54) is 6.07 Å². The van der Waals surface area contributed by atoms with E-state index in [-0.39, 0.29) is 30.9 Å². The molecule has 1 heterocycles. The standard InChI is InChI=1S/C14H18F2N2O.ClH/c1-18(14(19)13-4-2-3-7-17-13)9-10-5-6-11(15)12(16)8-10;/h5-6,8,13,17H,2-4,7,9H2,1H3;1H/t13-;/m1./s1. The van der Waals surface area contributed by atoms with Crippen LogP contribution >= 0.6 is 12.4 Å². The van der Waals surface area contributed by atoms with Gasteiger partial charge < -0.3 is 10.2 Å². The second-order valence-corrected chi connectivity index (χ2v) is 4.95. The number of hydrogen-bond acceptors (Lipinski definition) is 2. The maximum atomic E-state index is 13.1. The van der Waals surface area contributed by atoms with Crippen LogP contribution in [0.4, 0.5) is 8.78 Å². The topological polar surface area (TPSA) is 32.3 Å². The maximum absolute atomic E-state index is 13.1. The summed E-state index contributed by atoms with van der Waals surface area (Å²) >= 11 is 0. The van der Waals surface area contributed by atoms with Crippen LogP contribution in [0.2, 0.25) is 0 Å². The minimum Gasteiger partial charge on any atom is -0.340 e. The Morgan fingerprint density at radius 2 is 2.10 bits per heavy atom. The van der Waals surface area contributed by atoms with Crippen LogP contribution in [0.1, 0.15) is 24.8 Å². The van der Waals surface area contributed by atoms with Crippen LogP contribution in [0.3, 0.4) is 0 Å². The lowest BCUT2D eigenvalue weighted by Crippen LogP contribution is -2.47. The van der Waals surface area contributed by atoms with E-state index in [0.29, 0.717) is 5.56 Å². The number of halogens is 3. The van der Waals surface area contributed by atoms with Crippen molar-refractivity contribution in [3.63, 3.8) is 0 Å². The number of carbonyl (C=O) groups is 1. The Morgan fingerprint density at radius 1 is 1.35 bits per heavy atom. The van der Waals surface area contributed by atoms with Gasteiger partial charge in [-0.2, -0.15) is 0 Å². The Hall–Kier alpha value is -1.20. The van der Waals surface area contributed by atoms with Gasteiger partial charge in [0.1, 0.15) is 0 Å². The Kier molecular flexibility index (Phi) is 6.36. The van der Waals surface area contributed by atoms with Gasteiger partial charge >= 0.3 is 0 Å². The van der Waals surface area contributed by atoms with E-state index in [9.17, 15) is 13.6 Å². The number of benzene rings is 1. The third-order valence-electron chi connectivity index (χ3n) is 3.39. The summed E-state index contributed by atoms with van der Waals surface area (Å²) in [4.78, 5) is 13.7. The van der Waals surface area contributed by atoms with Gasteiger partial charge in [-0.15, -0.1) is 12.4 Å². The highest BCUT2D eigenvalue weighted by atomic mass is 35.5. The van der Waals surface area contributed by atoms with Crippen LogP contribution in [0.25, 0.3) is 0 Å². The Labute approximate surface area is 123 Å². The van der Waals surface area contributed by atoms with Gasteiger partial charge in [0, 0.05) is 13.6 Å². The van der Waals surface area contributed by atoms with Crippen LogP contribution in [0, 0.1) is 11.6 Å². The average molecular weight is 305 g/mol. The van der Waals surface area contributed by atoms with Gasteiger partial charge in [-0.3, -0.25) is 4.79 Å². The molecule has 2 rings (SSSR count). The summed E-state index contributed by atoms with van der Waals surface area (Å²) in [6, 6.07) is 3.57. The normalized spacial score (nSPS) is 18.2. The van der Waals surface area contributed by atoms with E-state index in [4.69, 9.17) is 0 Å². The largest absolute Gasteiger partial charge is 0.340 e. The molecule has 3 nitrogen and oxygen atoms in total. The molecule has 1 saturated heterocycles. The van der Waals surface area contributed by atoms with Crippen molar-refractivity contribution in [1.29, 1.82) is 0 Å². The summed E-state index contributed by atoms with van der Waals surface area (Å²) < 4.78 is 25.9. The van der Waals surface area contributed by atoms with Gasteiger partial charge in [-0.05, 0) is 37.1 Å². The van der Waals surface area contributed by atoms with Gasteiger partial charge in [0.25, 0.3) is 0 Å². The van der Waals surface area contributed by atoms with Gasteiger partial charge in [0.05, 0.1) is 6.04 Å². The summed E-state index contributed by atoms with van der Waals surface area (Å²) in [5.41, 5.74) is 0.588. The van der Waals surface area contributed by atoms with Crippen molar-refractivity contribution >= 4 is 18.3 Å². The number of carbonyl (C=O) groups excluding carboxylic acids is 1. The number of nitrogens with one attached hydrogen (secondary N) is 1. The Morgan fingerprint density at radius 3 is 2.70 bits per heavy atom. The van der Waals surface area contributed by atoms with Crippen LogP contribution in [0.15, 0.2) is 18.2 Å². The zero-order chi connectivity index (χ0) is 13.8. The number of likely N-dealkylation sites (N-methyl/N-ethyl adjacent to an activating group) is 1. The molecule has 1 atom stereocenters. The van der Waals surface area contributed by atoms with Gasteiger partial charge in [-0.25, -0.2) is 8.78 Å². The predicted molar refractivity (Wildman–Crippen MR) is 75.7 cm³/mol. The fraction of sp³-hybridized carbons (Fsp3) is 0.500. The Balaban J connectivity index is 0.00000200. The van der Waals surface area contributed by atoms with E-state index >= 15 is 0 Å². The molecule has 0 unspecified atom stereocenters. The molecule has 0 aliphatic carbocycles. The lowest BCUT2D eigenvalue weighted by molar-refractivity contribution is -0.133. The summed E-state index contributed by atoms with van der Waals surface area (Å²) in [5, 5.41) is 3.18. The fourth-order valence-corrected chi connectivity index (χ4v) is 2.32. The molecule has 20 heavy (non-hydrogen) atoms. The van der Waals surface area contributed by atoms with Crippen molar-refractivity contribution in [3.05, 3.63) is 35.4 Å². The molecule has 112 valence electrons. The summed E-state index contributed by atoms with van der Waals surface area (Å²) in [5.74, 6) is -1.75. The molecule has 0 bridgehead atoms. The molecule has 1 amide bonds. The molecule has 0 aromatic heterocycles. The van der Waals surface area contributed by atoms with E-state index in [1.54, 1.807) is 11.9 Å². The van der Waals surface area contributed by atoms with E-state index in [2.05, 4.69) is 5.32 Å². The number of piperidine rings is 1. The predicted octanol–water partition coefficient (Wildman–Crippen LogP) is 2.49. The molecule has 1 aliphatic rings. The third-order valence-corrected chi connectivity index (χ3v) is 3.39. The molecular formula is C14H19ClF2N2O. The first-order chi connectivity index (χ1) is 9.08. The first kappa shape index (κ1) is 16.9. The van der Waals surface area contributed by atoms with Crippen molar-refractivity contribution in [2.45, 2.75) is 31.8 Å². The van der Waals surface area contributed by atoms with Crippen LogP contribution in [0.5, 0.6) is 0 Å². The third kappa shape index (κ3) is 4.15. The lowest BCUT2D eigenvalue weighted by Gasteiger charge is -2.27. The summed E-state index contributed by atoms with van der Waals surface area (Å²) in [6.07, 6.45) is 2.97. The van der Waals surface area contributed by atoms with Crippen molar-refractivity contribution in [1.82, 2.24) is 10.2 Å². The molecule has 0 saturated carbocycles. The number of hydrogen-bond donors (Lipinski definition) is 1. The van der Waals surface area contributed by atoms with Crippen LogP contribution < -0.4 is 5.32 Å². The lowest BCUT2D eigenvalue weighted by atomic mass is 10.0. The minimum atomic E-state index is -0.880. The van der Waals surface area contributed by atoms with Gasteiger partial charge in [0.15, 0.2) is 11.6 Å². The second kappa shape index (κ2) is 7.55. The highest BCUT2D eigenvalue weighted by Gasteiger charge is 2.23. The molecule has 1 aliphatic heterocycles. The summed E-state index contributed by atoms with van der Waals surface area (Å²) in [6.45, 7) is 1.14. The van der Waals surface area contributed by atoms with Gasteiger partial charge in [0.2, 0.25) is 5.91 Å². The van der Waals surface area contributed by atoms with Gasteiger partial charge in [-0.1, -0.05) is 12.5 Å². The fourth-order valence-electron chi connectivity index (χ4n) is 2.32. The Bertz CT molecular complexity index is 464. The maximum Gasteiger partial charge on any atom is 0.239 e. The molecule has 0 spiro atoms. The van der Waals surface area contributed by atoms with Crippen LogP contribution in [-0.2, 0) is 11.3 Å². The van der Waals surface area contributed by atoms with Crippen molar-refractivity contribution in [2.75, 3.05) is 13.6 Å².